The fraction of sp³-hybridized carbons (Fsp3) is 0.375. The van der Waals surface area contributed by atoms with Crippen LogP contribution in [0.1, 0.15) is 58.0 Å². The van der Waals surface area contributed by atoms with Crippen molar-refractivity contribution in [3.05, 3.63) is 106 Å². The number of aryl methyl sites for hydroxylation is 1. The van der Waals surface area contributed by atoms with Crippen LogP contribution in [-0.2, 0) is 13.0 Å². The number of piperazine rings is 1. The van der Waals surface area contributed by atoms with E-state index in [9.17, 15) is 14.0 Å². The second kappa shape index (κ2) is 14.2. The van der Waals surface area contributed by atoms with Gasteiger partial charge in [0.15, 0.2) is 0 Å². The first-order chi connectivity index (χ1) is 18.9. The van der Waals surface area contributed by atoms with Crippen molar-refractivity contribution in [1.29, 1.82) is 0 Å². The van der Waals surface area contributed by atoms with Crippen molar-refractivity contribution in [2.75, 3.05) is 39.3 Å². The van der Waals surface area contributed by atoms with E-state index >= 15 is 0 Å². The molecule has 7 heteroatoms. The van der Waals surface area contributed by atoms with Gasteiger partial charge in [-0.25, -0.2) is 4.39 Å². The summed E-state index contributed by atoms with van der Waals surface area (Å²) in [6, 6.07) is 21.2. The smallest absolute Gasteiger partial charge is 0.254 e. The number of rotatable bonds is 11. The minimum absolute atomic E-state index is 0.0730. The molecular weight excluding hydrogens is 513 g/mol. The lowest BCUT2D eigenvalue weighted by Gasteiger charge is -2.36. The largest absolute Gasteiger partial charge is 0.336 e. The molecule has 0 aliphatic carbocycles. The van der Waals surface area contributed by atoms with Gasteiger partial charge in [0.05, 0.1) is 0 Å². The van der Waals surface area contributed by atoms with Crippen molar-refractivity contribution in [2.45, 2.75) is 39.2 Å². The minimum Gasteiger partial charge on any atom is -0.336 e. The number of hydrogen-bond donors (Lipinski definition) is 0. The van der Waals surface area contributed by atoms with Gasteiger partial charge >= 0.3 is 0 Å². The third-order valence-electron chi connectivity index (χ3n) is 7.26. The standard InChI is InChI=1S/C32H37ClFN3O2/c1-2-3-4-6-25-9-13-27(14-10-25)31(38)36-20-17-35(18-21-36)19-22-37(24-26-11-15-30(34)16-12-26)32(39)28-7-5-8-29(33)23-28/h5,7-16,23H,2-4,6,17-22,24H2,1H3. The highest BCUT2D eigenvalue weighted by Crippen LogP contribution is 2.17. The summed E-state index contributed by atoms with van der Waals surface area (Å²) in [4.78, 5) is 32.4. The molecule has 2 amide bonds. The van der Waals surface area contributed by atoms with E-state index in [2.05, 4.69) is 24.0 Å². The fourth-order valence-corrected chi connectivity index (χ4v) is 5.07. The molecule has 39 heavy (non-hydrogen) atoms. The molecule has 0 bridgehead atoms. The Labute approximate surface area is 236 Å². The van der Waals surface area contributed by atoms with E-state index in [0.29, 0.717) is 43.3 Å². The number of halogens is 2. The quantitative estimate of drug-likeness (QED) is 0.263. The molecule has 1 fully saturated rings. The van der Waals surface area contributed by atoms with E-state index in [1.165, 1.54) is 37.0 Å². The van der Waals surface area contributed by atoms with Crippen LogP contribution in [0.4, 0.5) is 4.39 Å². The van der Waals surface area contributed by atoms with Crippen molar-refractivity contribution in [1.82, 2.24) is 14.7 Å². The zero-order valence-electron chi connectivity index (χ0n) is 22.6. The van der Waals surface area contributed by atoms with Crippen LogP contribution < -0.4 is 0 Å². The Morgan fingerprint density at radius 1 is 0.872 bits per heavy atom. The van der Waals surface area contributed by atoms with E-state index in [-0.39, 0.29) is 17.6 Å². The van der Waals surface area contributed by atoms with Crippen LogP contribution >= 0.6 is 11.6 Å². The number of hydrogen-bond acceptors (Lipinski definition) is 3. The first kappa shape index (κ1) is 28.8. The Morgan fingerprint density at radius 3 is 2.23 bits per heavy atom. The van der Waals surface area contributed by atoms with Gasteiger partial charge in [0.2, 0.25) is 0 Å². The molecule has 3 aromatic carbocycles. The van der Waals surface area contributed by atoms with E-state index in [1.54, 1.807) is 41.3 Å². The van der Waals surface area contributed by atoms with E-state index < -0.39 is 0 Å². The maximum Gasteiger partial charge on any atom is 0.254 e. The predicted octanol–water partition coefficient (Wildman–Crippen LogP) is 6.31. The monoisotopic (exact) mass is 549 g/mol. The lowest BCUT2D eigenvalue weighted by atomic mass is 10.0. The molecule has 0 N–H and O–H groups in total. The number of carbonyl (C=O) groups is 2. The van der Waals surface area contributed by atoms with Crippen LogP contribution in [0.5, 0.6) is 0 Å². The Hall–Kier alpha value is -3.22. The van der Waals surface area contributed by atoms with Gasteiger partial charge in [-0.1, -0.05) is 61.7 Å². The molecule has 0 atom stereocenters. The zero-order valence-corrected chi connectivity index (χ0v) is 23.4. The van der Waals surface area contributed by atoms with E-state index in [0.717, 1.165) is 30.6 Å². The van der Waals surface area contributed by atoms with Crippen molar-refractivity contribution < 1.29 is 14.0 Å². The number of amides is 2. The fourth-order valence-electron chi connectivity index (χ4n) is 4.88. The van der Waals surface area contributed by atoms with Crippen LogP contribution in [-0.4, -0.2) is 65.8 Å². The van der Waals surface area contributed by atoms with Crippen LogP contribution in [0.25, 0.3) is 0 Å². The summed E-state index contributed by atoms with van der Waals surface area (Å²) >= 11 is 6.13. The molecule has 1 heterocycles. The Morgan fingerprint density at radius 2 is 1.56 bits per heavy atom. The summed E-state index contributed by atoms with van der Waals surface area (Å²) in [6.07, 6.45) is 4.66. The average molecular weight is 550 g/mol. The van der Waals surface area contributed by atoms with Gasteiger partial charge < -0.3 is 9.80 Å². The lowest BCUT2D eigenvalue weighted by molar-refractivity contribution is 0.0598. The molecular formula is C32H37ClFN3O2. The molecule has 1 aliphatic rings. The number of nitrogens with zero attached hydrogens (tertiary/aromatic N) is 3. The van der Waals surface area contributed by atoms with Crippen molar-refractivity contribution in [3.63, 3.8) is 0 Å². The Bertz CT molecular complexity index is 1220. The van der Waals surface area contributed by atoms with Crippen molar-refractivity contribution in [3.8, 4) is 0 Å². The van der Waals surface area contributed by atoms with Gasteiger partial charge in [0.25, 0.3) is 11.8 Å². The summed E-state index contributed by atoms with van der Waals surface area (Å²) in [5.41, 5.74) is 3.40. The number of unbranched alkanes of at least 4 members (excludes halogenated alkanes) is 2. The molecule has 0 aromatic heterocycles. The molecule has 3 aromatic rings. The summed E-state index contributed by atoms with van der Waals surface area (Å²) in [5.74, 6) is -0.348. The highest BCUT2D eigenvalue weighted by Gasteiger charge is 2.24. The highest BCUT2D eigenvalue weighted by molar-refractivity contribution is 6.30. The number of benzene rings is 3. The van der Waals surface area contributed by atoms with Gasteiger partial charge in [-0.05, 0) is 66.4 Å². The van der Waals surface area contributed by atoms with Crippen molar-refractivity contribution >= 4 is 23.4 Å². The maximum absolute atomic E-state index is 13.4. The molecule has 5 nitrogen and oxygen atoms in total. The molecule has 0 unspecified atom stereocenters. The van der Waals surface area contributed by atoms with Gasteiger partial charge in [0, 0.05) is 62.0 Å². The molecule has 0 radical (unpaired) electrons. The highest BCUT2D eigenvalue weighted by atomic mass is 35.5. The Kier molecular flexibility index (Phi) is 10.5. The van der Waals surface area contributed by atoms with Gasteiger partial charge in [0.1, 0.15) is 5.82 Å². The van der Waals surface area contributed by atoms with Crippen LogP contribution in [0.15, 0.2) is 72.8 Å². The topological polar surface area (TPSA) is 43.9 Å². The molecule has 0 saturated carbocycles. The third kappa shape index (κ3) is 8.38. The lowest BCUT2D eigenvalue weighted by Crippen LogP contribution is -2.50. The molecule has 0 spiro atoms. The first-order valence-corrected chi connectivity index (χ1v) is 14.2. The number of carbonyl (C=O) groups excluding carboxylic acids is 2. The summed E-state index contributed by atoms with van der Waals surface area (Å²) < 4.78 is 13.4. The van der Waals surface area contributed by atoms with Crippen LogP contribution in [0, 0.1) is 5.82 Å². The zero-order chi connectivity index (χ0) is 27.6. The normalized spacial score (nSPS) is 13.9. The van der Waals surface area contributed by atoms with Crippen LogP contribution in [0.2, 0.25) is 5.02 Å². The maximum atomic E-state index is 13.4. The van der Waals surface area contributed by atoms with Crippen molar-refractivity contribution in [2.24, 2.45) is 0 Å². The minimum atomic E-state index is -0.304. The van der Waals surface area contributed by atoms with Crippen LogP contribution in [0.3, 0.4) is 0 Å². The molecule has 206 valence electrons. The molecule has 4 rings (SSSR count). The summed E-state index contributed by atoms with van der Waals surface area (Å²) in [6.45, 7) is 6.56. The third-order valence-corrected chi connectivity index (χ3v) is 7.50. The second-order valence-electron chi connectivity index (χ2n) is 10.2. The SMILES string of the molecule is CCCCCc1ccc(C(=O)N2CCN(CCN(Cc3ccc(F)cc3)C(=O)c3cccc(Cl)c3)CC2)cc1. The van der Waals surface area contributed by atoms with Gasteiger partial charge in [-0.2, -0.15) is 0 Å². The average Bonchev–Trinajstić information content (AvgIpc) is 2.96. The molecule has 1 aliphatic heterocycles. The second-order valence-corrected chi connectivity index (χ2v) is 10.6. The Balaban J connectivity index is 1.32. The van der Waals surface area contributed by atoms with E-state index in [4.69, 9.17) is 11.6 Å². The van der Waals surface area contributed by atoms with Gasteiger partial charge in [-0.3, -0.25) is 14.5 Å². The first-order valence-electron chi connectivity index (χ1n) is 13.8. The van der Waals surface area contributed by atoms with E-state index in [1.807, 2.05) is 17.0 Å². The summed E-state index contributed by atoms with van der Waals surface area (Å²) in [5, 5.41) is 0.509. The van der Waals surface area contributed by atoms with Gasteiger partial charge in [-0.15, -0.1) is 0 Å². The summed E-state index contributed by atoms with van der Waals surface area (Å²) in [7, 11) is 0. The predicted molar refractivity (Wildman–Crippen MR) is 155 cm³/mol. The molecule has 1 saturated heterocycles.